The average molecular weight is 318 g/mol. The maximum Gasteiger partial charge on any atom is 0.365 e. The molecule has 1 aliphatic heterocycles. The van der Waals surface area contributed by atoms with Gasteiger partial charge in [-0.2, -0.15) is 0 Å². The van der Waals surface area contributed by atoms with Crippen LogP contribution in [-0.2, 0) is 4.84 Å². The van der Waals surface area contributed by atoms with Gasteiger partial charge in [-0.15, -0.1) is 0 Å². The molecule has 0 saturated carbocycles. The SMILES string of the molecule is CCCOc1ccc(C(=O)ON=C2C[C@H](C)N(C)C[C@@H]2C)cc1. The van der Waals surface area contributed by atoms with Gasteiger partial charge in [0.15, 0.2) is 0 Å². The van der Waals surface area contributed by atoms with Crippen LogP contribution in [0.25, 0.3) is 0 Å². The van der Waals surface area contributed by atoms with Gasteiger partial charge in [-0.3, -0.25) is 0 Å². The number of piperidine rings is 1. The van der Waals surface area contributed by atoms with Crippen molar-refractivity contribution >= 4 is 11.7 Å². The van der Waals surface area contributed by atoms with E-state index in [0.717, 1.165) is 30.8 Å². The first kappa shape index (κ1) is 17.5. The van der Waals surface area contributed by atoms with E-state index in [9.17, 15) is 4.79 Å². The predicted molar refractivity (Wildman–Crippen MR) is 91.0 cm³/mol. The molecule has 0 spiro atoms. The molecular formula is C18H26N2O3. The number of rotatable bonds is 5. The van der Waals surface area contributed by atoms with Crippen molar-refractivity contribution in [1.82, 2.24) is 4.90 Å². The summed E-state index contributed by atoms with van der Waals surface area (Å²) in [4.78, 5) is 19.5. The largest absolute Gasteiger partial charge is 0.494 e. The molecule has 0 unspecified atom stereocenters. The summed E-state index contributed by atoms with van der Waals surface area (Å²) in [5, 5.41) is 4.11. The van der Waals surface area contributed by atoms with Gasteiger partial charge in [-0.05, 0) is 44.7 Å². The zero-order valence-corrected chi connectivity index (χ0v) is 14.4. The normalized spacial score (nSPS) is 23.7. The summed E-state index contributed by atoms with van der Waals surface area (Å²) >= 11 is 0. The number of oxime groups is 1. The average Bonchev–Trinajstić information content (AvgIpc) is 2.55. The minimum atomic E-state index is -0.432. The van der Waals surface area contributed by atoms with Crippen molar-refractivity contribution in [2.24, 2.45) is 11.1 Å². The van der Waals surface area contributed by atoms with Crippen LogP contribution in [0.4, 0.5) is 0 Å². The summed E-state index contributed by atoms with van der Waals surface area (Å²) in [6.07, 6.45) is 1.78. The first-order chi connectivity index (χ1) is 11.0. The molecule has 0 aromatic heterocycles. The summed E-state index contributed by atoms with van der Waals surface area (Å²) in [7, 11) is 2.10. The lowest BCUT2D eigenvalue weighted by Crippen LogP contribution is -2.43. The standard InChI is InChI=1S/C18H26N2O3/c1-5-10-22-16-8-6-15(7-9-16)18(21)23-19-17-11-14(3)20(4)12-13(17)2/h6-9,13-14H,5,10-12H2,1-4H3/t13-,14-/m0/s1. The molecular weight excluding hydrogens is 292 g/mol. The highest BCUT2D eigenvalue weighted by Crippen LogP contribution is 2.19. The van der Waals surface area contributed by atoms with Crippen molar-refractivity contribution in [3.8, 4) is 5.75 Å². The number of hydrogen-bond acceptors (Lipinski definition) is 5. The second kappa shape index (κ2) is 8.11. The maximum atomic E-state index is 12.1. The number of carbonyl (C=O) groups is 1. The molecule has 1 saturated heterocycles. The number of benzene rings is 1. The molecule has 2 atom stereocenters. The van der Waals surface area contributed by atoms with Crippen molar-refractivity contribution in [2.45, 2.75) is 39.7 Å². The van der Waals surface area contributed by atoms with Gasteiger partial charge in [0.2, 0.25) is 0 Å². The Kier molecular flexibility index (Phi) is 6.16. The fraction of sp³-hybridized carbons (Fsp3) is 0.556. The summed E-state index contributed by atoms with van der Waals surface area (Å²) in [5.41, 5.74) is 1.43. The van der Waals surface area contributed by atoms with Crippen LogP contribution in [0.5, 0.6) is 5.75 Å². The Balaban J connectivity index is 1.95. The Bertz CT molecular complexity index is 554. The van der Waals surface area contributed by atoms with E-state index < -0.39 is 5.97 Å². The third-order valence-electron chi connectivity index (χ3n) is 4.20. The van der Waals surface area contributed by atoms with E-state index in [2.05, 4.69) is 37.9 Å². The van der Waals surface area contributed by atoms with Crippen LogP contribution in [0.1, 0.15) is 44.0 Å². The van der Waals surface area contributed by atoms with Gasteiger partial charge in [-0.25, -0.2) is 4.79 Å². The quantitative estimate of drug-likeness (QED) is 0.617. The Morgan fingerprint density at radius 2 is 2.00 bits per heavy atom. The fourth-order valence-electron chi connectivity index (χ4n) is 2.56. The lowest BCUT2D eigenvalue weighted by molar-refractivity contribution is 0.0508. The van der Waals surface area contributed by atoms with Gasteiger partial charge in [0, 0.05) is 24.9 Å². The first-order valence-electron chi connectivity index (χ1n) is 8.22. The number of nitrogens with zero attached hydrogens (tertiary/aromatic N) is 2. The molecule has 0 amide bonds. The van der Waals surface area contributed by atoms with Crippen LogP contribution in [0, 0.1) is 5.92 Å². The molecule has 0 aliphatic carbocycles. The Morgan fingerprint density at radius 1 is 1.30 bits per heavy atom. The predicted octanol–water partition coefficient (Wildman–Crippen LogP) is 3.35. The summed E-state index contributed by atoms with van der Waals surface area (Å²) in [6.45, 7) is 7.91. The Morgan fingerprint density at radius 3 is 2.65 bits per heavy atom. The molecule has 1 fully saturated rings. The molecule has 126 valence electrons. The monoisotopic (exact) mass is 318 g/mol. The molecule has 1 aromatic rings. The van der Waals surface area contributed by atoms with Crippen molar-refractivity contribution < 1.29 is 14.4 Å². The molecule has 1 aromatic carbocycles. The van der Waals surface area contributed by atoms with Gasteiger partial charge < -0.3 is 14.5 Å². The van der Waals surface area contributed by atoms with Crippen LogP contribution in [0.15, 0.2) is 29.4 Å². The number of ether oxygens (including phenoxy) is 1. The number of hydrogen-bond donors (Lipinski definition) is 0. The highest BCUT2D eigenvalue weighted by molar-refractivity contribution is 5.92. The van der Waals surface area contributed by atoms with E-state index >= 15 is 0 Å². The fourth-order valence-corrected chi connectivity index (χ4v) is 2.56. The lowest BCUT2D eigenvalue weighted by Gasteiger charge is -2.34. The molecule has 0 radical (unpaired) electrons. The minimum absolute atomic E-state index is 0.300. The molecule has 5 nitrogen and oxygen atoms in total. The highest BCUT2D eigenvalue weighted by Gasteiger charge is 2.26. The van der Waals surface area contributed by atoms with Crippen LogP contribution < -0.4 is 4.74 Å². The van der Waals surface area contributed by atoms with Crippen molar-refractivity contribution in [2.75, 3.05) is 20.2 Å². The maximum absolute atomic E-state index is 12.1. The van der Waals surface area contributed by atoms with Crippen molar-refractivity contribution in [1.29, 1.82) is 0 Å². The zero-order chi connectivity index (χ0) is 16.8. The second-order valence-electron chi connectivity index (χ2n) is 6.23. The van der Waals surface area contributed by atoms with Crippen LogP contribution in [-0.4, -0.2) is 42.8 Å². The summed E-state index contributed by atoms with van der Waals surface area (Å²) < 4.78 is 5.50. The van der Waals surface area contributed by atoms with E-state index in [1.54, 1.807) is 24.3 Å². The molecule has 1 aliphatic rings. The van der Waals surface area contributed by atoms with E-state index in [0.29, 0.717) is 24.1 Å². The topological polar surface area (TPSA) is 51.1 Å². The minimum Gasteiger partial charge on any atom is -0.494 e. The van der Waals surface area contributed by atoms with Gasteiger partial charge in [-0.1, -0.05) is 19.0 Å². The van der Waals surface area contributed by atoms with Gasteiger partial charge in [0.05, 0.1) is 17.9 Å². The van der Waals surface area contributed by atoms with E-state index in [1.165, 1.54) is 0 Å². The van der Waals surface area contributed by atoms with Gasteiger partial charge >= 0.3 is 5.97 Å². The van der Waals surface area contributed by atoms with Crippen LogP contribution >= 0.6 is 0 Å². The molecule has 0 bridgehead atoms. The van der Waals surface area contributed by atoms with Crippen LogP contribution in [0.3, 0.4) is 0 Å². The van der Waals surface area contributed by atoms with Crippen molar-refractivity contribution in [3.05, 3.63) is 29.8 Å². The van der Waals surface area contributed by atoms with Crippen molar-refractivity contribution in [3.63, 3.8) is 0 Å². The summed E-state index contributed by atoms with van der Waals surface area (Å²) in [5.74, 6) is 0.625. The third-order valence-corrected chi connectivity index (χ3v) is 4.20. The van der Waals surface area contributed by atoms with E-state index in [-0.39, 0.29) is 0 Å². The van der Waals surface area contributed by atoms with Gasteiger partial charge in [0.25, 0.3) is 0 Å². The summed E-state index contributed by atoms with van der Waals surface area (Å²) in [6, 6.07) is 7.38. The molecule has 1 heterocycles. The number of likely N-dealkylation sites (tertiary alicyclic amines) is 1. The van der Waals surface area contributed by atoms with Gasteiger partial charge in [0.1, 0.15) is 5.75 Å². The highest BCUT2D eigenvalue weighted by atomic mass is 16.7. The van der Waals surface area contributed by atoms with Crippen LogP contribution in [0.2, 0.25) is 0 Å². The first-order valence-corrected chi connectivity index (χ1v) is 8.22. The second-order valence-corrected chi connectivity index (χ2v) is 6.23. The third kappa shape index (κ3) is 4.79. The Hall–Kier alpha value is -1.88. The molecule has 5 heteroatoms. The van der Waals surface area contributed by atoms with E-state index in [1.807, 2.05) is 0 Å². The Labute approximate surface area is 138 Å². The molecule has 23 heavy (non-hydrogen) atoms. The zero-order valence-electron chi connectivity index (χ0n) is 14.4. The number of carbonyl (C=O) groups excluding carboxylic acids is 1. The molecule has 2 rings (SSSR count). The smallest absolute Gasteiger partial charge is 0.365 e. The van der Waals surface area contributed by atoms with E-state index in [4.69, 9.17) is 9.57 Å². The lowest BCUT2D eigenvalue weighted by atomic mass is 9.93. The molecule has 0 N–H and O–H groups in total.